The van der Waals surface area contributed by atoms with E-state index < -0.39 is 0 Å². The highest BCUT2D eigenvalue weighted by Gasteiger charge is 2.07. The van der Waals surface area contributed by atoms with Gasteiger partial charge in [0, 0.05) is 0 Å². The third kappa shape index (κ3) is 2.55. The van der Waals surface area contributed by atoms with Gasteiger partial charge in [-0.1, -0.05) is 6.07 Å². The molecular formula is C12H14N2O3. The Morgan fingerprint density at radius 1 is 1.47 bits per heavy atom. The summed E-state index contributed by atoms with van der Waals surface area (Å²) >= 11 is 0. The molecule has 1 aromatic heterocycles. The summed E-state index contributed by atoms with van der Waals surface area (Å²) in [4.78, 5) is 18.5. The van der Waals surface area contributed by atoms with Gasteiger partial charge < -0.3 is 14.5 Å². The maximum Gasteiger partial charge on any atom is 0.309 e. The fourth-order valence-electron chi connectivity index (χ4n) is 1.58. The lowest BCUT2D eigenvalue weighted by molar-refractivity contribution is -0.139. The summed E-state index contributed by atoms with van der Waals surface area (Å²) in [6, 6.07) is 6.10. The molecule has 5 heteroatoms. The topological polar surface area (TPSA) is 64.2 Å². The quantitative estimate of drug-likeness (QED) is 0.817. The summed E-state index contributed by atoms with van der Waals surface area (Å²) in [7, 11) is 1.38. The highest BCUT2D eigenvalue weighted by Crippen LogP contribution is 2.17. The lowest BCUT2D eigenvalue weighted by Gasteiger charge is -1.98. The zero-order valence-corrected chi connectivity index (χ0v) is 9.82. The fourth-order valence-corrected chi connectivity index (χ4v) is 1.58. The molecule has 2 aromatic rings. The number of carbonyl (C=O) groups is 1. The Morgan fingerprint density at radius 2 is 2.29 bits per heavy atom. The molecule has 0 radical (unpaired) electrons. The van der Waals surface area contributed by atoms with Gasteiger partial charge in [-0.25, -0.2) is 0 Å². The zero-order chi connectivity index (χ0) is 12.3. The van der Waals surface area contributed by atoms with Crippen LogP contribution in [-0.4, -0.2) is 29.7 Å². The van der Waals surface area contributed by atoms with E-state index >= 15 is 0 Å². The smallest absolute Gasteiger partial charge is 0.309 e. The van der Waals surface area contributed by atoms with Crippen LogP contribution in [0.2, 0.25) is 0 Å². The summed E-state index contributed by atoms with van der Waals surface area (Å²) < 4.78 is 9.89. The monoisotopic (exact) mass is 234 g/mol. The number of rotatable bonds is 4. The third-order valence-electron chi connectivity index (χ3n) is 2.38. The van der Waals surface area contributed by atoms with Crippen molar-refractivity contribution in [1.29, 1.82) is 0 Å². The van der Waals surface area contributed by atoms with E-state index in [0.717, 1.165) is 16.6 Å². The third-order valence-corrected chi connectivity index (χ3v) is 2.38. The second kappa shape index (κ2) is 4.86. The number of H-pyrrole nitrogens is 1. The number of hydrogen-bond donors (Lipinski definition) is 1. The first kappa shape index (κ1) is 11.4. The number of hydrogen-bond acceptors (Lipinski definition) is 4. The lowest BCUT2D eigenvalue weighted by Crippen LogP contribution is -2.04. The number of ether oxygens (including phenoxy) is 2. The maximum absolute atomic E-state index is 11.1. The highest BCUT2D eigenvalue weighted by atomic mass is 16.5. The summed E-state index contributed by atoms with van der Waals surface area (Å²) in [6.45, 7) is 2.46. The minimum absolute atomic E-state index is 0.253. The second-order valence-corrected chi connectivity index (χ2v) is 3.58. The number of esters is 1. The first-order chi connectivity index (χ1) is 8.22. The van der Waals surface area contributed by atoms with Gasteiger partial charge in [-0.2, -0.15) is 4.98 Å². The molecule has 0 aliphatic rings. The van der Waals surface area contributed by atoms with Crippen molar-refractivity contribution in [2.75, 3.05) is 13.7 Å². The van der Waals surface area contributed by atoms with Crippen molar-refractivity contribution in [3.63, 3.8) is 0 Å². The number of benzene rings is 1. The normalized spacial score (nSPS) is 10.5. The molecule has 0 aliphatic carbocycles. The number of imidazole rings is 1. The molecular weight excluding hydrogens is 220 g/mol. The van der Waals surface area contributed by atoms with Crippen LogP contribution in [0.1, 0.15) is 12.5 Å². The van der Waals surface area contributed by atoms with Crippen LogP contribution in [0.15, 0.2) is 18.2 Å². The molecule has 0 aliphatic heterocycles. The Morgan fingerprint density at radius 3 is 3.00 bits per heavy atom. The predicted octanol–water partition coefficient (Wildman–Crippen LogP) is 1.68. The van der Waals surface area contributed by atoms with Crippen LogP contribution in [0.4, 0.5) is 0 Å². The van der Waals surface area contributed by atoms with Crippen LogP contribution in [0.25, 0.3) is 11.0 Å². The van der Waals surface area contributed by atoms with Crippen molar-refractivity contribution in [2.45, 2.75) is 13.3 Å². The molecule has 1 N–H and O–H groups in total. The Balaban J connectivity index is 2.26. The first-order valence-electron chi connectivity index (χ1n) is 5.41. The number of methoxy groups -OCH3 is 1. The molecule has 90 valence electrons. The Hall–Kier alpha value is -2.04. The number of aromatic amines is 1. The summed E-state index contributed by atoms with van der Waals surface area (Å²) in [6.07, 6.45) is 0.253. The van der Waals surface area contributed by atoms with E-state index in [1.807, 2.05) is 25.1 Å². The molecule has 0 saturated heterocycles. The molecule has 1 aromatic carbocycles. The Bertz CT molecular complexity index is 534. The number of fused-ring (bicyclic) bond motifs is 1. The largest absolute Gasteiger partial charge is 0.469 e. The average Bonchev–Trinajstić information content (AvgIpc) is 2.71. The Kier molecular flexibility index (Phi) is 3.27. The lowest BCUT2D eigenvalue weighted by atomic mass is 10.1. The number of aromatic nitrogens is 2. The van der Waals surface area contributed by atoms with Gasteiger partial charge in [-0.05, 0) is 24.6 Å². The van der Waals surface area contributed by atoms with Crippen LogP contribution < -0.4 is 4.74 Å². The van der Waals surface area contributed by atoms with Gasteiger partial charge in [0.2, 0.25) is 0 Å². The van der Waals surface area contributed by atoms with Crippen LogP contribution in [0.3, 0.4) is 0 Å². The zero-order valence-electron chi connectivity index (χ0n) is 9.82. The van der Waals surface area contributed by atoms with Gasteiger partial charge in [-0.15, -0.1) is 0 Å². The molecule has 17 heavy (non-hydrogen) atoms. The van der Waals surface area contributed by atoms with Crippen molar-refractivity contribution < 1.29 is 14.3 Å². The van der Waals surface area contributed by atoms with Crippen molar-refractivity contribution in [1.82, 2.24) is 9.97 Å². The van der Waals surface area contributed by atoms with Crippen molar-refractivity contribution in [2.24, 2.45) is 0 Å². The van der Waals surface area contributed by atoms with Crippen LogP contribution >= 0.6 is 0 Å². The summed E-state index contributed by atoms with van der Waals surface area (Å²) in [5.41, 5.74) is 2.55. The molecule has 0 atom stereocenters. The van der Waals surface area contributed by atoms with E-state index in [1.54, 1.807) is 0 Å². The molecule has 1 heterocycles. The van der Waals surface area contributed by atoms with Gasteiger partial charge in [-0.3, -0.25) is 4.79 Å². The van der Waals surface area contributed by atoms with Gasteiger partial charge in [0.1, 0.15) is 0 Å². The molecule has 0 unspecified atom stereocenters. The fraction of sp³-hybridized carbons (Fsp3) is 0.333. The maximum atomic E-state index is 11.1. The van der Waals surface area contributed by atoms with Gasteiger partial charge >= 0.3 is 5.97 Å². The summed E-state index contributed by atoms with van der Waals surface area (Å²) in [5.74, 6) is -0.259. The molecule has 0 fully saturated rings. The highest BCUT2D eigenvalue weighted by molar-refractivity contribution is 5.79. The van der Waals surface area contributed by atoms with E-state index in [-0.39, 0.29) is 12.4 Å². The molecule has 0 spiro atoms. The van der Waals surface area contributed by atoms with E-state index in [0.29, 0.717) is 12.6 Å². The van der Waals surface area contributed by atoms with Crippen LogP contribution in [0.5, 0.6) is 6.01 Å². The van der Waals surface area contributed by atoms with Crippen LogP contribution in [-0.2, 0) is 16.0 Å². The van der Waals surface area contributed by atoms with Gasteiger partial charge in [0.25, 0.3) is 6.01 Å². The van der Waals surface area contributed by atoms with E-state index in [2.05, 4.69) is 14.7 Å². The number of nitrogens with zero attached hydrogens (tertiary/aromatic N) is 1. The summed E-state index contributed by atoms with van der Waals surface area (Å²) in [5, 5.41) is 0. The van der Waals surface area contributed by atoms with E-state index in [1.165, 1.54) is 7.11 Å². The Labute approximate surface area is 98.8 Å². The van der Waals surface area contributed by atoms with E-state index in [9.17, 15) is 4.79 Å². The van der Waals surface area contributed by atoms with Crippen molar-refractivity contribution in [3.8, 4) is 6.01 Å². The molecule has 0 bridgehead atoms. The predicted molar refractivity (Wildman–Crippen MR) is 63.0 cm³/mol. The van der Waals surface area contributed by atoms with Gasteiger partial charge in [0.05, 0.1) is 31.2 Å². The SMILES string of the molecule is CCOc1nc2cc(CC(=O)OC)ccc2[nH]1. The average molecular weight is 234 g/mol. The van der Waals surface area contributed by atoms with E-state index in [4.69, 9.17) is 4.74 Å². The van der Waals surface area contributed by atoms with Gasteiger partial charge in [0.15, 0.2) is 0 Å². The number of carbonyl (C=O) groups excluding carboxylic acids is 1. The van der Waals surface area contributed by atoms with Crippen molar-refractivity contribution in [3.05, 3.63) is 23.8 Å². The first-order valence-corrected chi connectivity index (χ1v) is 5.41. The van der Waals surface area contributed by atoms with Crippen molar-refractivity contribution >= 4 is 17.0 Å². The number of nitrogens with one attached hydrogen (secondary N) is 1. The minimum Gasteiger partial charge on any atom is -0.469 e. The molecule has 0 amide bonds. The minimum atomic E-state index is -0.259. The standard InChI is InChI=1S/C12H14N2O3/c1-3-17-12-13-9-5-4-8(6-10(9)14-12)7-11(15)16-2/h4-6H,3,7H2,1-2H3,(H,13,14). The molecule has 2 rings (SSSR count). The molecule has 0 saturated carbocycles. The van der Waals surface area contributed by atoms with Crippen LogP contribution in [0, 0.1) is 0 Å². The second-order valence-electron chi connectivity index (χ2n) is 3.58. The molecule has 5 nitrogen and oxygen atoms in total.